The maximum absolute atomic E-state index is 11.8. The molecule has 1 aliphatic carbocycles. The van der Waals surface area contributed by atoms with Crippen molar-refractivity contribution >= 4 is 5.91 Å². The third-order valence-electron chi connectivity index (χ3n) is 3.62. The van der Waals surface area contributed by atoms with Crippen LogP contribution < -0.4 is 10.1 Å². The maximum atomic E-state index is 11.8. The lowest BCUT2D eigenvalue weighted by Gasteiger charge is -2.13. The van der Waals surface area contributed by atoms with Gasteiger partial charge in [0, 0.05) is 5.92 Å². The summed E-state index contributed by atoms with van der Waals surface area (Å²) in [5.74, 6) is 1.52. The van der Waals surface area contributed by atoms with E-state index in [1.807, 2.05) is 25.1 Å². The van der Waals surface area contributed by atoms with Crippen molar-refractivity contribution in [2.45, 2.75) is 38.3 Å². The number of aliphatic hydroxyl groups excluding tert-OH is 1. The molecule has 1 aromatic heterocycles. The molecule has 7 heteroatoms. The number of amides is 1. The molecular formula is C16H19N3O4. The minimum atomic E-state index is -1.26. The molecule has 122 valence electrons. The molecule has 1 saturated carbocycles. The molecule has 2 aromatic rings. The van der Waals surface area contributed by atoms with Crippen molar-refractivity contribution < 1.29 is 19.2 Å². The molecule has 1 amide bonds. The van der Waals surface area contributed by atoms with Crippen LogP contribution in [0.1, 0.15) is 36.0 Å². The van der Waals surface area contributed by atoms with Crippen LogP contribution in [0.25, 0.3) is 0 Å². The summed E-state index contributed by atoms with van der Waals surface area (Å²) in [6.07, 6.45) is 0.885. The zero-order valence-corrected chi connectivity index (χ0v) is 12.9. The Bertz CT molecular complexity index is 681. The zero-order chi connectivity index (χ0) is 16.2. The highest BCUT2D eigenvalue weighted by molar-refractivity contribution is 5.80. The van der Waals surface area contributed by atoms with E-state index in [2.05, 4.69) is 15.5 Å². The molecule has 1 aliphatic rings. The van der Waals surface area contributed by atoms with E-state index in [-0.39, 0.29) is 13.2 Å². The van der Waals surface area contributed by atoms with E-state index in [9.17, 15) is 9.90 Å². The van der Waals surface area contributed by atoms with Gasteiger partial charge in [0.1, 0.15) is 12.4 Å². The quantitative estimate of drug-likeness (QED) is 0.799. The molecule has 2 N–H and O–H groups in total. The number of carbonyl (C=O) groups excluding carboxylic acids is 1. The van der Waals surface area contributed by atoms with Crippen LogP contribution in [0.5, 0.6) is 5.75 Å². The van der Waals surface area contributed by atoms with E-state index in [1.54, 1.807) is 6.07 Å². The predicted octanol–water partition coefficient (Wildman–Crippen LogP) is 1.31. The second-order valence-electron chi connectivity index (χ2n) is 5.63. The van der Waals surface area contributed by atoms with Gasteiger partial charge in [0.25, 0.3) is 5.91 Å². The summed E-state index contributed by atoms with van der Waals surface area (Å²) in [5, 5.41) is 16.2. The monoisotopic (exact) mass is 317 g/mol. The number of aromatic nitrogens is 2. The SMILES string of the molecule is Cc1ccccc1OC[C@H](O)C(=O)NCc1noc(C2CC2)n1. The van der Waals surface area contributed by atoms with Crippen LogP contribution in [0.15, 0.2) is 28.8 Å². The molecule has 7 nitrogen and oxygen atoms in total. The Morgan fingerprint density at radius 2 is 2.26 bits per heavy atom. The highest BCUT2D eigenvalue weighted by Crippen LogP contribution is 2.38. The van der Waals surface area contributed by atoms with Crippen molar-refractivity contribution in [3.8, 4) is 5.75 Å². The van der Waals surface area contributed by atoms with E-state index in [1.165, 1.54) is 0 Å². The largest absolute Gasteiger partial charge is 0.490 e. The average molecular weight is 317 g/mol. The fourth-order valence-corrected chi connectivity index (χ4v) is 2.08. The van der Waals surface area contributed by atoms with Crippen molar-refractivity contribution in [2.75, 3.05) is 6.61 Å². The summed E-state index contributed by atoms with van der Waals surface area (Å²) in [5.41, 5.74) is 0.944. The van der Waals surface area contributed by atoms with E-state index < -0.39 is 12.0 Å². The highest BCUT2D eigenvalue weighted by Gasteiger charge is 2.29. The summed E-state index contributed by atoms with van der Waals surface area (Å²) in [4.78, 5) is 16.1. The number of aliphatic hydroxyl groups is 1. The number of ether oxygens (including phenoxy) is 1. The predicted molar refractivity (Wildman–Crippen MR) is 80.8 cm³/mol. The van der Waals surface area contributed by atoms with E-state index >= 15 is 0 Å². The first-order valence-electron chi connectivity index (χ1n) is 7.60. The molecule has 0 radical (unpaired) electrons. The number of benzene rings is 1. The molecular weight excluding hydrogens is 298 g/mol. The van der Waals surface area contributed by atoms with Gasteiger partial charge in [-0.25, -0.2) is 0 Å². The average Bonchev–Trinajstić information content (AvgIpc) is 3.30. The lowest BCUT2D eigenvalue weighted by molar-refractivity contribution is -0.130. The summed E-state index contributed by atoms with van der Waals surface area (Å²) in [6.45, 7) is 1.90. The van der Waals surface area contributed by atoms with E-state index in [0.29, 0.717) is 23.4 Å². The molecule has 0 unspecified atom stereocenters. The number of rotatable bonds is 7. The minimum Gasteiger partial charge on any atom is -0.490 e. The Labute approximate surface area is 133 Å². The first-order chi connectivity index (χ1) is 11.1. The third kappa shape index (κ3) is 4.07. The number of hydrogen-bond donors (Lipinski definition) is 2. The molecule has 1 heterocycles. The molecule has 0 saturated heterocycles. The Morgan fingerprint density at radius 3 is 3.00 bits per heavy atom. The molecule has 23 heavy (non-hydrogen) atoms. The number of carbonyl (C=O) groups is 1. The fourth-order valence-electron chi connectivity index (χ4n) is 2.08. The second-order valence-corrected chi connectivity index (χ2v) is 5.63. The Balaban J connectivity index is 1.44. The number of aryl methyl sites for hydroxylation is 1. The number of para-hydroxylation sites is 1. The molecule has 0 bridgehead atoms. The number of nitrogens with zero attached hydrogens (tertiary/aromatic N) is 2. The lowest BCUT2D eigenvalue weighted by Crippen LogP contribution is -2.38. The summed E-state index contributed by atoms with van der Waals surface area (Å²) >= 11 is 0. The van der Waals surface area contributed by atoms with Gasteiger partial charge in [-0.05, 0) is 31.4 Å². The van der Waals surface area contributed by atoms with Gasteiger partial charge in [0.05, 0.1) is 6.54 Å². The van der Waals surface area contributed by atoms with Gasteiger partial charge in [-0.1, -0.05) is 23.4 Å². The van der Waals surface area contributed by atoms with Crippen molar-refractivity contribution in [1.29, 1.82) is 0 Å². The van der Waals surface area contributed by atoms with Crippen molar-refractivity contribution in [3.05, 3.63) is 41.5 Å². The van der Waals surface area contributed by atoms with Crippen LogP contribution >= 0.6 is 0 Å². The smallest absolute Gasteiger partial charge is 0.252 e. The van der Waals surface area contributed by atoms with Gasteiger partial charge in [-0.2, -0.15) is 4.98 Å². The molecule has 1 atom stereocenters. The van der Waals surface area contributed by atoms with Crippen LogP contribution in [0.2, 0.25) is 0 Å². The summed E-state index contributed by atoms with van der Waals surface area (Å²) < 4.78 is 10.6. The number of nitrogens with one attached hydrogen (secondary N) is 1. The first-order valence-corrected chi connectivity index (χ1v) is 7.60. The Hall–Kier alpha value is -2.41. The standard InChI is InChI=1S/C16H19N3O4/c1-10-4-2-3-5-13(10)22-9-12(20)15(21)17-8-14-18-16(23-19-14)11-6-7-11/h2-5,11-12,20H,6-9H2,1H3,(H,17,21)/t12-/m0/s1. The minimum absolute atomic E-state index is 0.115. The fraction of sp³-hybridized carbons (Fsp3) is 0.438. The van der Waals surface area contributed by atoms with Gasteiger partial charge >= 0.3 is 0 Å². The number of hydrogen-bond acceptors (Lipinski definition) is 6. The first kappa shape index (κ1) is 15.5. The molecule has 1 fully saturated rings. The van der Waals surface area contributed by atoms with Crippen LogP contribution in [0.3, 0.4) is 0 Å². The Morgan fingerprint density at radius 1 is 1.48 bits per heavy atom. The van der Waals surface area contributed by atoms with Crippen LogP contribution in [-0.4, -0.2) is 33.9 Å². The van der Waals surface area contributed by atoms with Crippen LogP contribution in [-0.2, 0) is 11.3 Å². The van der Waals surface area contributed by atoms with E-state index in [0.717, 1.165) is 18.4 Å². The molecule has 1 aromatic carbocycles. The van der Waals surface area contributed by atoms with Crippen LogP contribution in [0.4, 0.5) is 0 Å². The van der Waals surface area contributed by atoms with Gasteiger partial charge in [-0.15, -0.1) is 0 Å². The van der Waals surface area contributed by atoms with Crippen LogP contribution in [0, 0.1) is 6.92 Å². The maximum Gasteiger partial charge on any atom is 0.252 e. The molecule has 0 aliphatic heterocycles. The second kappa shape index (κ2) is 6.78. The Kier molecular flexibility index (Phi) is 4.57. The topological polar surface area (TPSA) is 97.5 Å². The van der Waals surface area contributed by atoms with Crippen molar-refractivity contribution in [3.63, 3.8) is 0 Å². The lowest BCUT2D eigenvalue weighted by atomic mass is 10.2. The zero-order valence-electron chi connectivity index (χ0n) is 12.9. The van der Waals surface area contributed by atoms with Gasteiger partial charge < -0.3 is 19.7 Å². The summed E-state index contributed by atoms with van der Waals surface area (Å²) in [6, 6.07) is 7.42. The van der Waals surface area contributed by atoms with E-state index in [4.69, 9.17) is 9.26 Å². The highest BCUT2D eigenvalue weighted by atomic mass is 16.5. The third-order valence-corrected chi connectivity index (χ3v) is 3.62. The normalized spacial score (nSPS) is 15.2. The summed E-state index contributed by atoms with van der Waals surface area (Å²) in [7, 11) is 0. The van der Waals surface area contributed by atoms with Gasteiger partial charge in [0.2, 0.25) is 5.89 Å². The molecule has 0 spiro atoms. The van der Waals surface area contributed by atoms with Gasteiger partial charge in [-0.3, -0.25) is 4.79 Å². The van der Waals surface area contributed by atoms with Crippen molar-refractivity contribution in [1.82, 2.24) is 15.5 Å². The van der Waals surface area contributed by atoms with Crippen molar-refractivity contribution in [2.24, 2.45) is 0 Å². The molecule has 3 rings (SSSR count). The van der Waals surface area contributed by atoms with Gasteiger partial charge in [0.15, 0.2) is 11.9 Å².